The van der Waals surface area contributed by atoms with Gasteiger partial charge in [0.25, 0.3) is 0 Å². The molecule has 0 saturated carbocycles. The van der Waals surface area contributed by atoms with Crippen LogP contribution in [0.15, 0.2) is 85.6 Å². The van der Waals surface area contributed by atoms with Crippen molar-refractivity contribution in [2.75, 3.05) is 37.6 Å². The minimum absolute atomic E-state index is 0.258. The third kappa shape index (κ3) is 6.40. The molecule has 0 radical (unpaired) electrons. The average Bonchev–Trinajstić information content (AvgIpc) is 3.80. The first-order valence-corrected chi connectivity index (χ1v) is 16.0. The molecule has 6 aromatic rings. The van der Waals surface area contributed by atoms with Gasteiger partial charge in [-0.2, -0.15) is 5.10 Å². The Morgan fingerprint density at radius 1 is 0.837 bits per heavy atom. The zero-order chi connectivity index (χ0) is 33.9. The first-order chi connectivity index (χ1) is 24.0. The van der Waals surface area contributed by atoms with Crippen LogP contribution in [0.2, 0.25) is 0 Å². The van der Waals surface area contributed by atoms with E-state index in [0.717, 1.165) is 70.5 Å². The van der Waals surface area contributed by atoms with E-state index in [1.807, 2.05) is 41.3 Å². The quantitative estimate of drug-likeness (QED) is 0.248. The molecule has 12 heteroatoms. The number of aromatic nitrogens is 6. The predicted molar refractivity (Wildman–Crippen MR) is 184 cm³/mol. The van der Waals surface area contributed by atoms with Gasteiger partial charge in [0.15, 0.2) is 11.6 Å². The second-order valence-electron chi connectivity index (χ2n) is 12.1. The van der Waals surface area contributed by atoms with Crippen molar-refractivity contribution >= 4 is 33.4 Å². The molecule has 3 saturated heterocycles. The van der Waals surface area contributed by atoms with Crippen LogP contribution in [0, 0.1) is 24.5 Å². The normalized spacial score (nSPS) is 18.0. The number of carbonyl (C=O) groups is 1. The lowest BCUT2D eigenvalue weighted by Gasteiger charge is -2.62. The molecule has 3 aliphatic rings. The molecular weight excluding hydrogens is 624 g/mol. The van der Waals surface area contributed by atoms with Crippen LogP contribution in [-0.2, 0) is 4.79 Å². The number of nitrogens with one attached hydrogen (secondary N) is 1. The minimum atomic E-state index is -0.434. The lowest BCUT2D eigenvalue weighted by Crippen LogP contribution is -2.80. The predicted octanol–water partition coefficient (Wildman–Crippen LogP) is 5.34. The number of rotatable bonds is 5. The van der Waals surface area contributed by atoms with Crippen LogP contribution in [0.1, 0.15) is 12.8 Å². The van der Waals surface area contributed by atoms with Gasteiger partial charge in [-0.25, -0.2) is 28.7 Å². The summed E-state index contributed by atoms with van der Waals surface area (Å²) >= 11 is 0. The van der Waals surface area contributed by atoms with Gasteiger partial charge in [0.05, 0.1) is 47.7 Å². The monoisotopic (exact) mass is 657 g/mol. The summed E-state index contributed by atoms with van der Waals surface area (Å²) in [6, 6.07) is 19.0. The van der Waals surface area contributed by atoms with E-state index in [1.54, 1.807) is 18.3 Å². The Hall–Kier alpha value is -5.80. The van der Waals surface area contributed by atoms with Gasteiger partial charge in [-0.15, -0.1) is 12.8 Å². The minimum Gasteiger partial charge on any atom is -0.362 e. The molecule has 3 aliphatic heterocycles. The molecule has 0 aliphatic carbocycles. The number of aromatic amines is 1. The number of piperazine rings is 1. The van der Waals surface area contributed by atoms with Crippen LogP contribution in [0.5, 0.6) is 0 Å². The molecule has 2 atom stereocenters. The van der Waals surface area contributed by atoms with E-state index >= 15 is 0 Å². The number of benzene rings is 3. The number of halogens is 2. The number of anilines is 1. The number of amides is 1. The number of nitrogens with zero attached hydrogens (tertiary/aromatic N) is 8. The highest BCUT2D eigenvalue weighted by Gasteiger charge is 2.53. The molecule has 10 nitrogen and oxygen atoms in total. The summed E-state index contributed by atoms with van der Waals surface area (Å²) in [4.78, 5) is 35.4. The maximum Gasteiger partial charge on any atom is 0.237 e. The van der Waals surface area contributed by atoms with E-state index in [1.165, 1.54) is 43.7 Å². The summed E-state index contributed by atoms with van der Waals surface area (Å²) in [7, 11) is 0. The van der Waals surface area contributed by atoms with Crippen LogP contribution in [-0.4, -0.2) is 90.6 Å². The summed E-state index contributed by atoms with van der Waals surface area (Å²) in [6.07, 6.45) is 16.1. The first kappa shape index (κ1) is 31.8. The van der Waals surface area contributed by atoms with Gasteiger partial charge in [0.1, 0.15) is 12.1 Å². The molecule has 1 amide bonds. The molecule has 3 aromatic carbocycles. The zero-order valence-corrected chi connectivity index (χ0v) is 26.6. The third-order valence-electron chi connectivity index (χ3n) is 9.27. The molecule has 246 valence electrons. The maximum atomic E-state index is 13.0. The van der Waals surface area contributed by atoms with Crippen LogP contribution >= 0.6 is 0 Å². The Kier molecular flexibility index (Phi) is 8.91. The highest BCUT2D eigenvalue weighted by atomic mass is 19.1. The fourth-order valence-electron chi connectivity index (χ4n) is 6.65. The van der Waals surface area contributed by atoms with E-state index in [4.69, 9.17) is 0 Å². The van der Waals surface area contributed by atoms with E-state index in [2.05, 4.69) is 52.8 Å². The Labute approximate surface area is 281 Å². The van der Waals surface area contributed by atoms with E-state index in [0.29, 0.717) is 24.5 Å². The summed E-state index contributed by atoms with van der Waals surface area (Å²) in [5, 5.41) is 9.23. The average molecular weight is 658 g/mol. The Morgan fingerprint density at radius 3 is 2.24 bits per heavy atom. The lowest BCUT2D eigenvalue weighted by atomic mass is 9.84. The van der Waals surface area contributed by atoms with E-state index in [9.17, 15) is 13.6 Å². The van der Waals surface area contributed by atoms with Crippen molar-refractivity contribution in [3.8, 4) is 35.5 Å². The first-order valence-electron chi connectivity index (χ1n) is 16.0. The van der Waals surface area contributed by atoms with Gasteiger partial charge >= 0.3 is 0 Å². The second kappa shape index (κ2) is 13.7. The number of terminal acetylenes is 1. The van der Waals surface area contributed by atoms with E-state index < -0.39 is 5.82 Å². The van der Waals surface area contributed by atoms with Crippen LogP contribution < -0.4 is 4.90 Å². The molecule has 1 N–H and O–H groups in total. The number of hydrogen-bond donors (Lipinski definition) is 1. The molecule has 2 unspecified atom stereocenters. The van der Waals surface area contributed by atoms with E-state index in [-0.39, 0.29) is 11.7 Å². The molecule has 0 spiro atoms. The van der Waals surface area contributed by atoms with Gasteiger partial charge in [-0.1, -0.05) is 0 Å². The lowest BCUT2D eigenvalue weighted by molar-refractivity contribution is -0.144. The zero-order valence-electron chi connectivity index (χ0n) is 26.6. The highest BCUT2D eigenvalue weighted by molar-refractivity contribution is 6.01. The second-order valence-corrected chi connectivity index (χ2v) is 12.1. The number of likely N-dealkylation sites (tertiary alicyclic amines) is 2. The van der Waals surface area contributed by atoms with Gasteiger partial charge < -0.3 is 9.80 Å². The Morgan fingerprint density at radius 2 is 1.55 bits per heavy atom. The number of fused-ring (bicyclic) bond motifs is 3. The number of H-pyrrole nitrogens is 1. The van der Waals surface area contributed by atoms with Gasteiger partial charge in [0, 0.05) is 46.9 Å². The van der Waals surface area contributed by atoms with Crippen molar-refractivity contribution < 1.29 is 13.6 Å². The van der Waals surface area contributed by atoms with Crippen molar-refractivity contribution in [2.24, 2.45) is 0 Å². The summed E-state index contributed by atoms with van der Waals surface area (Å²) in [6.45, 7) is 4.41. The smallest absolute Gasteiger partial charge is 0.237 e. The molecule has 49 heavy (non-hydrogen) atoms. The van der Waals surface area contributed by atoms with Crippen molar-refractivity contribution in [1.29, 1.82) is 0 Å². The Balaban J connectivity index is 0.000000153. The van der Waals surface area contributed by atoms with Crippen molar-refractivity contribution in [1.82, 2.24) is 39.9 Å². The molecule has 0 bridgehead atoms. The van der Waals surface area contributed by atoms with Gasteiger partial charge in [-0.3, -0.25) is 14.8 Å². The number of hydrogen-bond acceptors (Lipinski definition) is 8. The fraction of sp³-hybridized carbons (Fsp3) is 0.243. The Bertz CT molecular complexity index is 2090. The largest absolute Gasteiger partial charge is 0.362 e. The molecule has 3 aromatic heterocycles. The van der Waals surface area contributed by atoms with Crippen LogP contribution in [0.3, 0.4) is 0 Å². The summed E-state index contributed by atoms with van der Waals surface area (Å²) in [5.41, 5.74) is 5.44. The van der Waals surface area contributed by atoms with Gasteiger partial charge in [0.2, 0.25) is 5.91 Å². The standard InChI is InChI=1S/C20H22FN5O.C15H9FN4.C2H2/c21-15-9-22-20(23-10-15)14-3-5-16(6-4-14)25-11-18-17(25)12-26(18)19(27)13-24-7-1-2-8-24;16-11-3-1-9(2-4-11)15-12-6-13-10(7-17-8-18-13)5-14(12)19-20-15;1-2/h3-6,9-10,17-18H,1-2,7-8,11-13H2;1-8H,(H,19,20);1-2H. The molecule has 6 heterocycles. The molecular formula is C37H33F2N9O. The maximum absolute atomic E-state index is 13.0. The fourth-order valence-corrected chi connectivity index (χ4v) is 6.65. The SMILES string of the molecule is C#C.Fc1ccc(-c2n[nH]c3cc4cncnc4cc23)cc1.O=C(CN1CCCC1)N1CC2C1CN2c1ccc(-c2ncc(F)cn2)cc1. The molecule has 9 rings (SSSR count). The summed E-state index contributed by atoms with van der Waals surface area (Å²) < 4.78 is 26.0. The van der Waals surface area contributed by atoms with Crippen molar-refractivity contribution in [2.45, 2.75) is 24.9 Å². The number of carbonyl (C=O) groups excluding carboxylic acids is 1. The van der Waals surface area contributed by atoms with Crippen molar-refractivity contribution in [3.05, 3.63) is 97.2 Å². The van der Waals surface area contributed by atoms with Gasteiger partial charge in [-0.05, 0) is 86.6 Å². The third-order valence-corrected chi connectivity index (χ3v) is 9.27. The van der Waals surface area contributed by atoms with Crippen molar-refractivity contribution in [3.63, 3.8) is 0 Å². The molecule has 3 fully saturated rings. The highest BCUT2D eigenvalue weighted by Crippen LogP contribution is 2.38. The van der Waals surface area contributed by atoms with Crippen LogP contribution in [0.4, 0.5) is 14.5 Å². The topological polar surface area (TPSA) is 107 Å². The summed E-state index contributed by atoms with van der Waals surface area (Å²) in [5.74, 6) is 0.107. The van der Waals surface area contributed by atoms with Crippen LogP contribution in [0.25, 0.3) is 44.5 Å².